The van der Waals surface area contributed by atoms with Crippen molar-refractivity contribution in [2.24, 2.45) is 11.5 Å². The number of rotatable bonds is 12. The number of aliphatic hydroxyl groups excluding tert-OH is 1. The third kappa shape index (κ3) is 7.28. The van der Waals surface area contributed by atoms with E-state index in [4.69, 9.17) is 16.6 Å². The van der Waals surface area contributed by atoms with Crippen molar-refractivity contribution < 1.29 is 14.7 Å². The monoisotopic (exact) mass is 320 g/mol. The molecule has 0 aliphatic rings. The zero-order chi connectivity index (χ0) is 17.1. The van der Waals surface area contributed by atoms with Crippen LogP contribution in [0.1, 0.15) is 77.6 Å². The Labute approximate surface area is 138 Å². The fraction of sp³-hybridized carbons (Fsp3) is 0.556. The molecule has 0 saturated heterocycles. The Bertz CT molecular complexity index is 515. The van der Waals surface area contributed by atoms with E-state index in [2.05, 4.69) is 0 Å². The summed E-state index contributed by atoms with van der Waals surface area (Å²) in [5, 5.41) is 8.70. The van der Waals surface area contributed by atoms with Gasteiger partial charge in [-0.2, -0.15) is 0 Å². The van der Waals surface area contributed by atoms with Gasteiger partial charge >= 0.3 is 0 Å². The second kappa shape index (κ2) is 10.8. The van der Waals surface area contributed by atoms with Crippen LogP contribution in [0.3, 0.4) is 0 Å². The van der Waals surface area contributed by atoms with Crippen LogP contribution >= 0.6 is 0 Å². The number of hydrogen-bond donors (Lipinski definition) is 3. The molecule has 0 aliphatic heterocycles. The van der Waals surface area contributed by atoms with Gasteiger partial charge in [0.25, 0.3) is 0 Å². The number of nitrogens with two attached hydrogens (primary N) is 2. The lowest BCUT2D eigenvalue weighted by atomic mass is 9.97. The third-order valence-corrected chi connectivity index (χ3v) is 4.01. The van der Waals surface area contributed by atoms with Gasteiger partial charge in [0.2, 0.25) is 11.8 Å². The number of hydrogen-bond acceptors (Lipinski definition) is 3. The summed E-state index contributed by atoms with van der Waals surface area (Å²) in [6.45, 7) is 0.284. The largest absolute Gasteiger partial charge is 0.396 e. The summed E-state index contributed by atoms with van der Waals surface area (Å²) in [5.74, 6) is -0.968. The van der Waals surface area contributed by atoms with Gasteiger partial charge in [-0.25, -0.2) is 0 Å². The van der Waals surface area contributed by atoms with Crippen LogP contribution in [0.2, 0.25) is 0 Å². The topological polar surface area (TPSA) is 106 Å². The van der Waals surface area contributed by atoms with Crippen LogP contribution in [0.25, 0.3) is 0 Å². The molecule has 0 bridgehead atoms. The lowest BCUT2D eigenvalue weighted by Gasteiger charge is -2.08. The fourth-order valence-electron chi connectivity index (χ4n) is 2.68. The van der Waals surface area contributed by atoms with Gasteiger partial charge in [0.1, 0.15) is 0 Å². The summed E-state index contributed by atoms with van der Waals surface area (Å²) in [5.41, 5.74) is 12.3. The number of aliphatic hydroxyl groups is 1. The van der Waals surface area contributed by atoms with Gasteiger partial charge in [-0.05, 0) is 43.0 Å². The first kappa shape index (κ1) is 19.2. The Morgan fingerprint density at radius 3 is 1.91 bits per heavy atom. The zero-order valence-electron chi connectivity index (χ0n) is 13.7. The lowest BCUT2D eigenvalue weighted by Crippen LogP contribution is -2.16. The van der Waals surface area contributed by atoms with Crippen LogP contribution in [0.5, 0.6) is 0 Å². The Morgan fingerprint density at radius 2 is 1.39 bits per heavy atom. The molecule has 0 aromatic heterocycles. The van der Waals surface area contributed by atoms with Crippen molar-refractivity contribution in [1.29, 1.82) is 0 Å². The number of carbonyl (C=O) groups is 2. The highest BCUT2D eigenvalue weighted by atomic mass is 16.2. The number of carbonyl (C=O) groups excluding carboxylic acids is 2. The quantitative estimate of drug-likeness (QED) is 0.515. The van der Waals surface area contributed by atoms with Crippen molar-refractivity contribution >= 4 is 11.8 Å². The number of unbranched alkanes of at least 4 members (excludes halogenated alkanes) is 7. The number of aryl methyl sites for hydroxylation is 1. The van der Waals surface area contributed by atoms with E-state index in [0.717, 1.165) is 44.1 Å². The SMILES string of the molecule is NC(=O)c1ccc(C(N)=O)c(CCCCCCCCCCO)c1. The smallest absolute Gasteiger partial charge is 0.248 e. The summed E-state index contributed by atoms with van der Waals surface area (Å²) in [6.07, 6.45) is 9.47. The van der Waals surface area contributed by atoms with E-state index in [9.17, 15) is 9.59 Å². The van der Waals surface area contributed by atoms with Crippen LogP contribution < -0.4 is 11.5 Å². The predicted molar refractivity (Wildman–Crippen MR) is 91.2 cm³/mol. The lowest BCUT2D eigenvalue weighted by molar-refractivity contribution is 0.0987. The van der Waals surface area contributed by atoms with E-state index in [-0.39, 0.29) is 6.61 Å². The second-order valence-corrected chi connectivity index (χ2v) is 5.90. The molecule has 23 heavy (non-hydrogen) atoms. The van der Waals surface area contributed by atoms with E-state index in [1.54, 1.807) is 12.1 Å². The number of amides is 2. The van der Waals surface area contributed by atoms with Gasteiger partial charge in [0.15, 0.2) is 0 Å². The predicted octanol–water partition coefficient (Wildman–Crippen LogP) is 2.54. The number of primary amides is 2. The minimum absolute atomic E-state index is 0.284. The van der Waals surface area contributed by atoms with Crippen molar-refractivity contribution in [3.63, 3.8) is 0 Å². The minimum Gasteiger partial charge on any atom is -0.396 e. The normalized spacial score (nSPS) is 10.7. The maximum atomic E-state index is 11.5. The molecule has 0 unspecified atom stereocenters. The van der Waals surface area contributed by atoms with Crippen LogP contribution in [-0.4, -0.2) is 23.5 Å². The van der Waals surface area contributed by atoms with Crippen LogP contribution in [0.4, 0.5) is 0 Å². The standard InChI is InChI=1S/C18H28N2O3/c19-17(22)15-10-11-16(18(20)23)14(13-15)9-7-5-3-1-2-4-6-8-12-21/h10-11,13,21H,1-9,12H2,(H2,19,22)(H2,20,23). The molecule has 5 nitrogen and oxygen atoms in total. The van der Waals surface area contributed by atoms with Crippen LogP contribution in [0, 0.1) is 0 Å². The van der Waals surface area contributed by atoms with E-state index in [0.29, 0.717) is 11.1 Å². The first-order chi connectivity index (χ1) is 11.1. The van der Waals surface area contributed by atoms with E-state index >= 15 is 0 Å². The van der Waals surface area contributed by atoms with Crippen molar-refractivity contribution in [2.45, 2.75) is 57.8 Å². The summed E-state index contributed by atoms with van der Waals surface area (Å²) in [4.78, 5) is 22.7. The Hall–Kier alpha value is -1.88. The fourth-order valence-corrected chi connectivity index (χ4v) is 2.68. The average Bonchev–Trinajstić information content (AvgIpc) is 2.52. The molecule has 5 N–H and O–H groups in total. The molecule has 0 radical (unpaired) electrons. The molecule has 0 fully saturated rings. The highest BCUT2D eigenvalue weighted by molar-refractivity contribution is 5.97. The van der Waals surface area contributed by atoms with E-state index in [1.807, 2.05) is 0 Å². The molecule has 1 aromatic rings. The minimum atomic E-state index is -0.495. The van der Waals surface area contributed by atoms with Crippen molar-refractivity contribution in [3.8, 4) is 0 Å². The molecular formula is C18H28N2O3. The first-order valence-electron chi connectivity index (χ1n) is 8.39. The average molecular weight is 320 g/mol. The Morgan fingerprint density at radius 1 is 0.826 bits per heavy atom. The molecule has 2 amide bonds. The van der Waals surface area contributed by atoms with Crippen molar-refractivity contribution in [2.75, 3.05) is 6.61 Å². The molecule has 0 heterocycles. The second-order valence-electron chi connectivity index (χ2n) is 5.90. The Balaban J connectivity index is 2.37. The molecule has 0 spiro atoms. The summed E-state index contributed by atoms with van der Waals surface area (Å²) in [6, 6.07) is 4.80. The van der Waals surface area contributed by atoms with Gasteiger partial charge in [0.05, 0.1) is 0 Å². The third-order valence-electron chi connectivity index (χ3n) is 4.01. The van der Waals surface area contributed by atoms with Crippen molar-refractivity contribution in [3.05, 3.63) is 34.9 Å². The highest BCUT2D eigenvalue weighted by Crippen LogP contribution is 2.16. The van der Waals surface area contributed by atoms with E-state index < -0.39 is 11.8 Å². The number of benzene rings is 1. The van der Waals surface area contributed by atoms with E-state index in [1.165, 1.54) is 25.3 Å². The van der Waals surface area contributed by atoms with Gasteiger partial charge in [-0.15, -0.1) is 0 Å². The zero-order valence-corrected chi connectivity index (χ0v) is 13.7. The highest BCUT2D eigenvalue weighted by Gasteiger charge is 2.11. The molecule has 0 aliphatic carbocycles. The molecule has 5 heteroatoms. The maximum Gasteiger partial charge on any atom is 0.248 e. The Kier molecular flexibility index (Phi) is 8.98. The molecule has 1 aromatic carbocycles. The van der Waals surface area contributed by atoms with Crippen LogP contribution in [-0.2, 0) is 6.42 Å². The van der Waals surface area contributed by atoms with Gasteiger partial charge in [0, 0.05) is 17.7 Å². The first-order valence-corrected chi connectivity index (χ1v) is 8.39. The van der Waals surface area contributed by atoms with Crippen molar-refractivity contribution in [1.82, 2.24) is 0 Å². The van der Waals surface area contributed by atoms with Gasteiger partial charge < -0.3 is 16.6 Å². The summed E-state index contributed by atoms with van der Waals surface area (Å²) >= 11 is 0. The maximum absolute atomic E-state index is 11.5. The summed E-state index contributed by atoms with van der Waals surface area (Å²) in [7, 11) is 0. The molecule has 0 saturated carbocycles. The summed E-state index contributed by atoms with van der Waals surface area (Å²) < 4.78 is 0. The van der Waals surface area contributed by atoms with Crippen LogP contribution in [0.15, 0.2) is 18.2 Å². The molecule has 1 rings (SSSR count). The van der Waals surface area contributed by atoms with Gasteiger partial charge in [-0.1, -0.05) is 38.5 Å². The van der Waals surface area contributed by atoms with Gasteiger partial charge in [-0.3, -0.25) is 9.59 Å². The molecule has 0 atom stereocenters. The molecular weight excluding hydrogens is 292 g/mol. The molecule has 128 valence electrons.